The maximum atomic E-state index is 10.2. The fourth-order valence-electron chi connectivity index (χ4n) is 0.529. The Morgan fingerprint density at radius 3 is 2.60 bits per heavy atom. The van der Waals surface area contributed by atoms with Gasteiger partial charge >= 0.3 is 0 Å². The van der Waals surface area contributed by atoms with Crippen LogP contribution in [0.2, 0.25) is 0 Å². The van der Waals surface area contributed by atoms with Crippen molar-refractivity contribution in [3.05, 3.63) is 16.9 Å². The summed E-state index contributed by atoms with van der Waals surface area (Å²) in [5.74, 6) is 0. The minimum Gasteiger partial charge on any atom is -0.762 e. The van der Waals surface area contributed by atoms with E-state index in [0.29, 0.717) is 11.8 Å². The van der Waals surface area contributed by atoms with E-state index in [4.69, 9.17) is 0 Å². The van der Waals surface area contributed by atoms with Crippen LogP contribution in [0.5, 0.6) is 0 Å². The van der Waals surface area contributed by atoms with E-state index in [2.05, 4.69) is 4.84 Å². The highest BCUT2D eigenvalue weighted by Gasteiger charge is 1.82. The summed E-state index contributed by atoms with van der Waals surface area (Å²) in [6, 6.07) is 0. The van der Waals surface area contributed by atoms with E-state index in [1.54, 1.807) is 0 Å². The Balaban J connectivity index is 3.13. The molecule has 0 N–H and O–H groups in total. The average Bonchev–Trinajstić information content (AvgIpc) is 1.79. The third kappa shape index (κ3) is 7.62. The molecule has 0 aliphatic rings. The van der Waals surface area contributed by atoms with Gasteiger partial charge in [0.2, 0.25) is 0 Å². The zero-order valence-corrected chi connectivity index (χ0v) is 6.76. The summed E-state index contributed by atoms with van der Waals surface area (Å²) in [6.45, 7) is 4.49. The molecule has 0 aliphatic heterocycles. The lowest BCUT2D eigenvalue weighted by Gasteiger charge is -2.20. The van der Waals surface area contributed by atoms with Crippen LogP contribution in [0.25, 0.3) is 0 Å². The van der Waals surface area contributed by atoms with E-state index >= 15 is 0 Å². The van der Waals surface area contributed by atoms with Crippen LogP contribution in [-0.2, 0) is 4.84 Å². The number of hydrogen-bond donors (Lipinski definition) is 0. The van der Waals surface area contributed by atoms with E-state index < -0.39 is 0 Å². The zero-order chi connectivity index (χ0) is 7.98. The molecule has 0 aromatic carbocycles. The van der Waals surface area contributed by atoms with Crippen LogP contribution >= 0.6 is 0 Å². The van der Waals surface area contributed by atoms with Gasteiger partial charge in [0.05, 0.1) is 6.61 Å². The first-order valence-corrected chi connectivity index (χ1v) is 3.30. The van der Waals surface area contributed by atoms with Gasteiger partial charge in [-0.15, -0.1) is 0 Å². The minimum atomic E-state index is 0.463. The Hall–Kier alpha value is -0.380. The van der Waals surface area contributed by atoms with Crippen LogP contribution in [-0.4, -0.2) is 18.9 Å². The first-order valence-electron chi connectivity index (χ1n) is 3.30. The smallest absolute Gasteiger partial charge is 0.0707 e. The molecule has 0 rings (SSSR count). The van der Waals surface area contributed by atoms with Crippen LogP contribution in [0.4, 0.5) is 0 Å². The van der Waals surface area contributed by atoms with Crippen LogP contribution in [0, 0.1) is 5.21 Å². The Morgan fingerprint density at radius 1 is 1.60 bits per heavy atom. The monoisotopic (exact) mass is 144 g/mol. The lowest BCUT2D eigenvalue weighted by molar-refractivity contribution is -0.0978. The van der Waals surface area contributed by atoms with E-state index in [1.165, 1.54) is 12.6 Å². The highest BCUT2D eigenvalue weighted by molar-refractivity contribution is 4.92. The molecule has 10 heavy (non-hydrogen) atoms. The van der Waals surface area contributed by atoms with Crippen LogP contribution in [0.15, 0.2) is 11.6 Å². The second-order valence-corrected chi connectivity index (χ2v) is 2.34. The Bertz CT molecular complexity index is 106. The lowest BCUT2D eigenvalue weighted by atomic mass is 10.3. The Morgan fingerprint density at radius 2 is 2.20 bits per heavy atom. The predicted molar refractivity (Wildman–Crippen MR) is 41.1 cm³/mol. The Kier molecular flexibility index (Phi) is 5.20. The molecule has 0 saturated heterocycles. The van der Waals surface area contributed by atoms with Crippen molar-refractivity contribution < 1.29 is 4.84 Å². The van der Waals surface area contributed by atoms with Gasteiger partial charge in [0.1, 0.15) is 0 Å². The minimum absolute atomic E-state index is 0.463. The molecule has 0 radical (unpaired) electrons. The van der Waals surface area contributed by atoms with Gasteiger partial charge in [-0.25, -0.2) is 0 Å². The van der Waals surface area contributed by atoms with Gasteiger partial charge in [-0.3, -0.25) is 5.23 Å². The van der Waals surface area contributed by atoms with Crippen molar-refractivity contribution in [2.24, 2.45) is 0 Å². The van der Waals surface area contributed by atoms with Crippen molar-refractivity contribution in [2.45, 2.75) is 20.3 Å². The summed E-state index contributed by atoms with van der Waals surface area (Å²) < 4.78 is 0. The summed E-state index contributed by atoms with van der Waals surface area (Å²) in [7, 11) is 1.34. The molecule has 0 saturated carbocycles. The molecule has 3 heteroatoms. The van der Waals surface area contributed by atoms with Crippen LogP contribution in [0.1, 0.15) is 20.3 Å². The number of rotatable bonds is 4. The van der Waals surface area contributed by atoms with Crippen molar-refractivity contribution in [2.75, 3.05) is 13.7 Å². The average molecular weight is 144 g/mol. The number of hydrogen-bond acceptors (Lipinski definition) is 3. The van der Waals surface area contributed by atoms with Gasteiger partial charge < -0.3 is 10.0 Å². The Labute approximate surface area is 61.8 Å². The topological polar surface area (TPSA) is 35.5 Å². The normalized spacial score (nSPS) is 10.1. The van der Waals surface area contributed by atoms with Gasteiger partial charge in [-0.1, -0.05) is 11.6 Å². The molecule has 60 valence electrons. The van der Waals surface area contributed by atoms with E-state index in [9.17, 15) is 5.21 Å². The second kappa shape index (κ2) is 5.41. The standard InChI is InChI=1S/C7H14NO2/c1-7(2)5-4-6-10-8(3)9/h5H,4,6H2,1-3H3/q-1. The molecule has 0 atom stereocenters. The lowest BCUT2D eigenvalue weighted by Crippen LogP contribution is -2.10. The largest absolute Gasteiger partial charge is 0.762 e. The van der Waals surface area contributed by atoms with Crippen molar-refractivity contribution >= 4 is 0 Å². The first kappa shape index (κ1) is 9.62. The molecule has 0 aliphatic carbocycles. The third-order valence-corrected chi connectivity index (χ3v) is 0.944. The van der Waals surface area contributed by atoms with Gasteiger partial charge in [0.15, 0.2) is 0 Å². The molecule has 0 amide bonds. The molecule has 0 aromatic rings. The van der Waals surface area contributed by atoms with Crippen molar-refractivity contribution in [1.82, 2.24) is 5.23 Å². The summed E-state index contributed by atoms with van der Waals surface area (Å²) in [5.41, 5.74) is 1.25. The van der Waals surface area contributed by atoms with Crippen molar-refractivity contribution in [3.63, 3.8) is 0 Å². The van der Waals surface area contributed by atoms with Crippen molar-refractivity contribution in [3.8, 4) is 0 Å². The zero-order valence-electron chi connectivity index (χ0n) is 6.76. The fraction of sp³-hybridized carbons (Fsp3) is 0.714. The van der Waals surface area contributed by atoms with Gasteiger partial charge in [-0.05, 0) is 27.3 Å². The van der Waals surface area contributed by atoms with Crippen molar-refractivity contribution in [1.29, 1.82) is 0 Å². The quantitative estimate of drug-likeness (QED) is 0.342. The summed E-state index contributed by atoms with van der Waals surface area (Å²) in [5, 5.41) is 10.6. The molecule has 0 fully saturated rings. The van der Waals surface area contributed by atoms with E-state index in [-0.39, 0.29) is 0 Å². The van der Waals surface area contributed by atoms with E-state index in [1.807, 2.05) is 19.9 Å². The van der Waals surface area contributed by atoms with Gasteiger partial charge in [0, 0.05) is 0 Å². The summed E-state index contributed by atoms with van der Waals surface area (Å²) in [6.07, 6.45) is 2.83. The fourth-order valence-corrected chi connectivity index (χ4v) is 0.529. The summed E-state index contributed by atoms with van der Waals surface area (Å²) in [4.78, 5) is 4.63. The molecule has 0 heterocycles. The molecule has 0 unspecified atom stereocenters. The highest BCUT2D eigenvalue weighted by atomic mass is 16.9. The van der Waals surface area contributed by atoms with Crippen LogP contribution < -0.4 is 0 Å². The number of allylic oxidation sites excluding steroid dienone is 1. The molecular formula is C7H14NO2-. The molecule has 3 nitrogen and oxygen atoms in total. The third-order valence-electron chi connectivity index (χ3n) is 0.944. The number of nitrogens with zero attached hydrogens (tertiary/aromatic N) is 1. The molecule has 0 bridgehead atoms. The molecule has 0 spiro atoms. The summed E-state index contributed by atoms with van der Waals surface area (Å²) >= 11 is 0. The van der Waals surface area contributed by atoms with Gasteiger partial charge in [0.25, 0.3) is 0 Å². The molecule has 0 aromatic heterocycles. The first-order chi connectivity index (χ1) is 4.63. The maximum Gasteiger partial charge on any atom is 0.0707 e. The van der Waals surface area contributed by atoms with E-state index in [0.717, 1.165) is 6.42 Å². The SMILES string of the molecule is CC(C)=CCCON(C)[O-]. The second-order valence-electron chi connectivity index (χ2n) is 2.34. The highest BCUT2D eigenvalue weighted by Crippen LogP contribution is 1.93. The van der Waals surface area contributed by atoms with Gasteiger partial charge in [-0.2, -0.15) is 0 Å². The maximum absolute atomic E-state index is 10.2. The van der Waals surface area contributed by atoms with Crippen LogP contribution in [0.3, 0.4) is 0 Å². The molecular weight excluding hydrogens is 130 g/mol. The predicted octanol–water partition coefficient (Wildman–Crippen LogP) is 1.70. The number of hydroxylamine groups is 2.